The van der Waals surface area contributed by atoms with E-state index in [-0.39, 0.29) is 29.6 Å². The summed E-state index contributed by atoms with van der Waals surface area (Å²) in [5, 5.41) is 0. The van der Waals surface area contributed by atoms with Crippen LogP contribution in [0, 0.1) is 29.6 Å². The van der Waals surface area contributed by atoms with E-state index in [4.69, 9.17) is 5.73 Å². The number of rotatable bonds is 3. The molecule has 3 aliphatic rings. The maximum atomic E-state index is 12.5. The van der Waals surface area contributed by atoms with Crippen LogP contribution in [0.15, 0.2) is 0 Å². The van der Waals surface area contributed by atoms with Crippen LogP contribution in [0.2, 0.25) is 0 Å². The molecule has 104 valence electrons. The zero-order valence-corrected chi connectivity index (χ0v) is 11.3. The van der Waals surface area contributed by atoms with Gasteiger partial charge in [-0.2, -0.15) is 0 Å². The van der Waals surface area contributed by atoms with Gasteiger partial charge in [0.05, 0.1) is 11.8 Å². The number of imide groups is 1. The Morgan fingerprint density at radius 3 is 2.00 bits per heavy atom. The van der Waals surface area contributed by atoms with Crippen molar-refractivity contribution in [2.75, 3.05) is 0 Å². The lowest BCUT2D eigenvalue weighted by molar-refractivity contribution is -0.149. The van der Waals surface area contributed by atoms with E-state index >= 15 is 0 Å². The average Bonchev–Trinajstić information content (AvgIpc) is 2.97. The van der Waals surface area contributed by atoms with Crippen LogP contribution in [0.25, 0.3) is 0 Å². The third kappa shape index (κ3) is 1.56. The molecule has 3 rings (SSSR count). The number of amides is 3. The summed E-state index contributed by atoms with van der Waals surface area (Å²) in [6.45, 7) is 3.64. The molecule has 0 spiro atoms. The number of nitrogens with zero attached hydrogens (tertiary/aromatic N) is 1. The van der Waals surface area contributed by atoms with Gasteiger partial charge in [0.15, 0.2) is 0 Å². The van der Waals surface area contributed by atoms with Crippen LogP contribution in [0.5, 0.6) is 0 Å². The van der Waals surface area contributed by atoms with Crippen molar-refractivity contribution >= 4 is 17.7 Å². The normalized spacial score (nSPS) is 38.2. The predicted octanol–water partition coefficient (Wildman–Crippen LogP) is 0.527. The molecule has 0 unspecified atom stereocenters. The van der Waals surface area contributed by atoms with Crippen LogP contribution in [-0.2, 0) is 14.4 Å². The molecular weight excluding hydrogens is 244 g/mol. The highest BCUT2D eigenvalue weighted by atomic mass is 16.2. The van der Waals surface area contributed by atoms with Crippen LogP contribution in [-0.4, -0.2) is 28.7 Å². The van der Waals surface area contributed by atoms with E-state index in [0.717, 1.165) is 19.3 Å². The summed E-state index contributed by atoms with van der Waals surface area (Å²) in [7, 11) is 0. The maximum absolute atomic E-state index is 12.5. The summed E-state index contributed by atoms with van der Waals surface area (Å²) in [6.07, 6.45) is 3.09. The molecule has 3 fully saturated rings. The minimum Gasteiger partial charge on any atom is -0.368 e. The summed E-state index contributed by atoms with van der Waals surface area (Å²) in [5.74, 6) is -0.682. The molecule has 5 heteroatoms. The number of primary amides is 1. The van der Waals surface area contributed by atoms with Gasteiger partial charge in [0.1, 0.15) is 6.04 Å². The molecule has 1 aliphatic heterocycles. The van der Waals surface area contributed by atoms with Gasteiger partial charge in [-0.3, -0.25) is 19.3 Å². The first-order valence-corrected chi connectivity index (χ1v) is 7.09. The first-order chi connectivity index (χ1) is 8.93. The standard InChI is InChI=1S/C14H20N2O3/c1-6(2)11(12(15)17)16-13(18)9-7-3-4-8(5-7)10(9)14(16)19/h6-11H,3-5H2,1-2H3,(H2,15,17)/t7-,8+,9-,10+,11-/m1/s1. The van der Waals surface area contributed by atoms with Crippen LogP contribution >= 0.6 is 0 Å². The van der Waals surface area contributed by atoms with E-state index in [1.165, 1.54) is 4.90 Å². The number of likely N-dealkylation sites (tertiary alicyclic amines) is 1. The molecule has 2 bridgehead atoms. The zero-order chi connectivity index (χ0) is 13.9. The van der Waals surface area contributed by atoms with Gasteiger partial charge >= 0.3 is 0 Å². The van der Waals surface area contributed by atoms with Gasteiger partial charge in [-0.15, -0.1) is 0 Å². The van der Waals surface area contributed by atoms with E-state index < -0.39 is 11.9 Å². The van der Waals surface area contributed by atoms with Gasteiger partial charge < -0.3 is 5.73 Å². The fraction of sp³-hybridized carbons (Fsp3) is 0.786. The van der Waals surface area contributed by atoms with Crippen LogP contribution in [0.4, 0.5) is 0 Å². The Morgan fingerprint density at radius 2 is 1.63 bits per heavy atom. The second kappa shape index (κ2) is 4.05. The monoisotopic (exact) mass is 264 g/mol. The minimum absolute atomic E-state index is 0.137. The van der Waals surface area contributed by atoms with Gasteiger partial charge in [-0.25, -0.2) is 0 Å². The Morgan fingerprint density at radius 1 is 1.16 bits per heavy atom. The third-order valence-corrected chi connectivity index (χ3v) is 5.16. The molecule has 19 heavy (non-hydrogen) atoms. The lowest BCUT2D eigenvalue weighted by atomic mass is 9.81. The topological polar surface area (TPSA) is 80.5 Å². The number of hydrogen-bond acceptors (Lipinski definition) is 3. The number of hydrogen-bond donors (Lipinski definition) is 1. The first kappa shape index (κ1) is 12.6. The van der Waals surface area contributed by atoms with Gasteiger partial charge in [0.2, 0.25) is 17.7 Å². The number of nitrogens with two attached hydrogens (primary N) is 1. The van der Waals surface area contributed by atoms with Gasteiger partial charge in [-0.05, 0) is 37.0 Å². The van der Waals surface area contributed by atoms with Crippen molar-refractivity contribution in [1.82, 2.24) is 4.90 Å². The molecule has 0 aromatic heterocycles. The number of fused-ring (bicyclic) bond motifs is 5. The van der Waals surface area contributed by atoms with Crippen LogP contribution < -0.4 is 5.73 Å². The molecule has 1 heterocycles. The highest BCUT2D eigenvalue weighted by molar-refractivity contribution is 6.09. The second-order valence-electron chi connectivity index (χ2n) is 6.52. The Balaban J connectivity index is 1.94. The molecule has 0 radical (unpaired) electrons. The molecule has 5 atom stereocenters. The zero-order valence-electron chi connectivity index (χ0n) is 11.3. The largest absolute Gasteiger partial charge is 0.368 e. The van der Waals surface area contributed by atoms with Crippen molar-refractivity contribution in [1.29, 1.82) is 0 Å². The molecule has 0 aromatic carbocycles. The fourth-order valence-electron chi connectivity index (χ4n) is 4.46. The molecule has 2 aliphatic carbocycles. The van der Waals surface area contributed by atoms with Crippen molar-refractivity contribution < 1.29 is 14.4 Å². The summed E-state index contributed by atoms with van der Waals surface area (Å²) in [4.78, 5) is 37.9. The molecular formula is C14H20N2O3. The van der Waals surface area contributed by atoms with Crippen LogP contribution in [0.1, 0.15) is 33.1 Å². The van der Waals surface area contributed by atoms with Gasteiger partial charge in [-0.1, -0.05) is 13.8 Å². The Bertz CT molecular complexity index is 432. The summed E-state index contributed by atoms with van der Waals surface area (Å²) >= 11 is 0. The highest BCUT2D eigenvalue weighted by Gasteiger charge is 2.62. The van der Waals surface area contributed by atoms with E-state index in [1.54, 1.807) is 0 Å². The SMILES string of the molecule is CC(C)[C@H](C(N)=O)N1C(=O)[C@@H]2[C@@H]3CC[C@@H](C3)[C@@H]2C1=O. The predicted molar refractivity (Wildman–Crippen MR) is 67.5 cm³/mol. The molecule has 2 saturated carbocycles. The van der Waals surface area contributed by atoms with Crippen molar-refractivity contribution in [2.45, 2.75) is 39.2 Å². The van der Waals surface area contributed by atoms with E-state index in [9.17, 15) is 14.4 Å². The summed E-state index contributed by atoms with van der Waals surface area (Å²) < 4.78 is 0. The molecule has 3 amide bonds. The fourth-order valence-corrected chi connectivity index (χ4v) is 4.46. The van der Waals surface area contributed by atoms with Gasteiger partial charge in [0, 0.05) is 0 Å². The van der Waals surface area contributed by atoms with E-state index in [1.807, 2.05) is 13.8 Å². The minimum atomic E-state index is -0.787. The molecule has 5 nitrogen and oxygen atoms in total. The number of carbonyl (C=O) groups excluding carboxylic acids is 3. The average molecular weight is 264 g/mol. The van der Waals surface area contributed by atoms with Crippen molar-refractivity contribution in [2.24, 2.45) is 35.3 Å². The summed E-state index contributed by atoms with van der Waals surface area (Å²) in [6, 6.07) is -0.787. The van der Waals surface area contributed by atoms with Crippen molar-refractivity contribution in [3.8, 4) is 0 Å². The maximum Gasteiger partial charge on any atom is 0.240 e. The number of carbonyl (C=O) groups is 3. The van der Waals surface area contributed by atoms with E-state index in [0.29, 0.717) is 11.8 Å². The third-order valence-electron chi connectivity index (χ3n) is 5.16. The molecule has 1 saturated heterocycles. The molecule has 0 aromatic rings. The Labute approximate surface area is 112 Å². The second-order valence-corrected chi connectivity index (χ2v) is 6.52. The van der Waals surface area contributed by atoms with Crippen molar-refractivity contribution in [3.63, 3.8) is 0 Å². The lowest BCUT2D eigenvalue weighted by Gasteiger charge is -2.28. The Hall–Kier alpha value is -1.39. The first-order valence-electron chi connectivity index (χ1n) is 7.09. The van der Waals surface area contributed by atoms with Gasteiger partial charge in [0.25, 0.3) is 0 Å². The van der Waals surface area contributed by atoms with E-state index in [2.05, 4.69) is 0 Å². The lowest BCUT2D eigenvalue weighted by Crippen LogP contribution is -2.51. The van der Waals surface area contributed by atoms with Crippen LogP contribution in [0.3, 0.4) is 0 Å². The smallest absolute Gasteiger partial charge is 0.240 e. The quantitative estimate of drug-likeness (QED) is 0.755. The Kier molecular flexibility index (Phi) is 2.69. The van der Waals surface area contributed by atoms with Crippen molar-refractivity contribution in [3.05, 3.63) is 0 Å². The molecule has 2 N–H and O–H groups in total. The summed E-state index contributed by atoms with van der Waals surface area (Å²) in [5.41, 5.74) is 5.39. The highest BCUT2D eigenvalue weighted by Crippen LogP contribution is 2.56.